The van der Waals surface area contributed by atoms with Gasteiger partial charge in [-0.3, -0.25) is 4.79 Å². The quantitative estimate of drug-likeness (QED) is 0.589. The Kier molecular flexibility index (Phi) is 4.06. The van der Waals surface area contributed by atoms with Crippen LogP contribution in [0.25, 0.3) is 0 Å². The Labute approximate surface area is 74.9 Å². The normalized spacial score (nSPS) is 25.1. The predicted octanol–water partition coefficient (Wildman–Crippen LogP) is 3.10. The molecule has 0 spiro atoms. The average Bonchev–Trinajstić information content (AvgIpc) is 2.09. The van der Waals surface area contributed by atoms with E-state index in [4.69, 9.17) is 0 Å². The molecule has 0 radical (unpaired) electrons. The van der Waals surface area contributed by atoms with Gasteiger partial charge in [-0.1, -0.05) is 31.9 Å². The van der Waals surface area contributed by atoms with Crippen LogP contribution in [0, 0.1) is 5.92 Å². The highest BCUT2D eigenvalue weighted by molar-refractivity contribution is 5.83. The molecule has 0 heterocycles. The van der Waals surface area contributed by atoms with Crippen LogP contribution < -0.4 is 0 Å². The number of carbonyl (C=O) groups excluding carboxylic acids is 1. The molecule has 0 unspecified atom stereocenters. The average molecular weight is 166 g/mol. The summed E-state index contributed by atoms with van der Waals surface area (Å²) in [5, 5.41) is 0. The standard InChI is InChI=1S/C11H18O/c1-2-3-4-7-10-8-5-6-9-11(10)12/h4,7,10H,2-3,5-6,8-9H2,1H3/b7-4+/t10-/m1/s1. The first-order valence-electron chi connectivity index (χ1n) is 5.04. The van der Waals surface area contributed by atoms with Crippen LogP contribution in [0.2, 0.25) is 0 Å². The summed E-state index contributed by atoms with van der Waals surface area (Å²) in [5.41, 5.74) is 0. The minimum absolute atomic E-state index is 0.255. The first kappa shape index (κ1) is 9.50. The molecule has 0 saturated heterocycles. The molecule has 0 aromatic heterocycles. The van der Waals surface area contributed by atoms with Crippen molar-refractivity contribution in [3.05, 3.63) is 12.2 Å². The molecule has 68 valence electrons. The molecule has 0 N–H and O–H groups in total. The molecular weight excluding hydrogens is 148 g/mol. The number of allylic oxidation sites excluding steroid dienone is 2. The Hall–Kier alpha value is -0.590. The summed E-state index contributed by atoms with van der Waals surface area (Å²) in [6, 6.07) is 0. The van der Waals surface area contributed by atoms with Gasteiger partial charge in [-0.25, -0.2) is 0 Å². The van der Waals surface area contributed by atoms with Crippen molar-refractivity contribution < 1.29 is 4.79 Å². The van der Waals surface area contributed by atoms with Crippen molar-refractivity contribution in [2.45, 2.75) is 45.4 Å². The van der Waals surface area contributed by atoms with Crippen LogP contribution >= 0.6 is 0 Å². The van der Waals surface area contributed by atoms with Gasteiger partial charge in [-0.05, 0) is 19.3 Å². The van der Waals surface area contributed by atoms with Gasteiger partial charge in [0.1, 0.15) is 5.78 Å². The molecule has 1 fully saturated rings. The van der Waals surface area contributed by atoms with Gasteiger partial charge >= 0.3 is 0 Å². The lowest BCUT2D eigenvalue weighted by Gasteiger charge is -2.16. The van der Waals surface area contributed by atoms with E-state index in [1.54, 1.807) is 0 Å². The number of ketones is 1. The number of unbranched alkanes of at least 4 members (excludes halogenated alkanes) is 1. The molecule has 1 saturated carbocycles. The van der Waals surface area contributed by atoms with Gasteiger partial charge in [0.25, 0.3) is 0 Å². The maximum absolute atomic E-state index is 11.3. The van der Waals surface area contributed by atoms with Gasteiger partial charge in [-0.15, -0.1) is 0 Å². The van der Waals surface area contributed by atoms with Crippen LogP contribution in [-0.2, 0) is 4.79 Å². The van der Waals surface area contributed by atoms with E-state index in [2.05, 4.69) is 19.1 Å². The van der Waals surface area contributed by atoms with E-state index in [1.165, 1.54) is 12.8 Å². The zero-order chi connectivity index (χ0) is 8.81. The molecule has 0 amide bonds. The van der Waals surface area contributed by atoms with E-state index in [9.17, 15) is 4.79 Å². The Balaban J connectivity index is 2.33. The fraction of sp³-hybridized carbons (Fsp3) is 0.727. The fourth-order valence-electron chi connectivity index (χ4n) is 1.64. The van der Waals surface area contributed by atoms with Crippen molar-refractivity contribution in [1.82, 2.24) is 0 Å². The zero-order valence-corrected chi connectivity index (χ0v) is 7.88. The molecule has 0 bridgehead atoms. The maximum atomic E-state index is 11.3. The van der Waals surface area contributed by atoms with Crippen molar-refractivity contribution in [3.63, 3.8) is 0 Å². The van der Waals surface area contributed by atoms with E-state index in [1.807, 2.05) is 0 Å². The minimum Gasteiger partial charge on any atom is -0.299 e. The molecule has 1 nitrogen and oxygen atoms in total. The lowest BCUT2D eigenvalue weighted by atomic mass is 9.87. The largest absolute Gasteiger partial charge is 0.299 e. The van der Waals surface area contributed by atoms with Crippen molar-refractivity contribution in [3.8, 4) is 0 Å². The highest BCUT2D eigenvalue weighted by Crippen LogP contribution is 2.21. The van der Waals surface area contributed by atoms with Gasteiger partial charge in [0, 0.05) is 12.3 Å². The lowest BCUT2D eigenvalue weighted by Crippen LogP contribution is -2.16. The molecule has 1 aliphatic carbocycles. The highest BCUT2D eigenvalue weighted by atomic mass is 16.1. The third-order valence-corrected chi connectivity index (χ3v) is 2.43. The lowest BCUT2D eigenvalue weighted by molar-refractivity contribution is -0.122. The van der Waals surface area contributed by atoms with Crippen molar-refractivity contribution in [1.29, 1.82) is 0 Å². The summed E-state index contributed by atoms with van der Waals surface area (Å²) in [5.74, 6) is 0.707. The highest BCUT2D eigenvalue weighted by Gasteiger charge is 2.18. The first-order chi connectivity index (χ1) is 5.84. The van der Waals surface area contributed by atoms with Gasteiger partial charge in [0.2, 0.25) is 0 Å². The number of rotatable bonds is 3. The van der Waals surface area contributed by atoms with Crippen molar-refractivity contribution in [2.75, 3.05) is 0 Å². The fourth-order valence-corrected chi connectivity index (χ4v) is 1.64. The molecular formula is C11H18O. The molecule has 0 aliphatic heterocycles. The summed E-state index contributed by atoms with van der Waals surface area (Å²) < 4.78 is 0. The molecule has 1 atom stereocenters. The van der Waals surface area contributed by atoms with Crippen molar-refractivity contribution in [2.24, 2.45) is 5.92 Å². The summed E-state index contributed by atoms with van der Waals surface area (Å²) in [6.07, 6.45) is 10.8. The Morgan fingerprint density at radius 2 is 2.33 bits per heavy atom. The number of hydrogen-bond acceptors (Lipinski definition) is 1. The SMILES string of the molecule is CCC/C=C/[C@@H]1CCCCC1=O. The predicted molar refractivity (Wildman–Crippen MR) is 51.0 cm³/mol. The molecule has 0 aromatic rings. The summed E-state index contributed by atoms with van der Waals surface area (Å²) in [7, 11) is 0. The van der Waals surface area contributed by atoms with Crippen LogP contribution in [-0.4, -0.2) is 5.78 Å². The Bertz CT molecular complexity index is 170. The van der Waals surface area contributed by atoms with E-state index in [0.29, 0.717) is 5.78 Å². The van der Waals surface area contributed by atoms with E-state index >= 15 is 0 Å². The molecule has 1 aliphatic rings. The second-order valence-corrected chi connectivity index (χ2v) is 3.54. The minimum atomic E-state index is 0.255. The zero-order valence-electron chi connectivity index (χ0n) is 7.88. The smallest absolute Gasteiger partial charge is 0.139 e. The van der Waals surface area contributed by atoms with Crippen LogP contribution in [0.3, 0.4) is 0 Å². The van der Waals surface area contributed by atoms with Gasteiger partial charge in [-0.2, -0.15) is 0 Å². The summed E-state index contributed by atoms with van der Waals surface area (Å²) >= 11 is 0. The third-order valence-electron chi connectivity index (χ3n) is 2.43. The number of carbonyl (C=O) groups is 1. The second kappa shape index (κ2) is 5.13. The van der Waals surface area contributed by atoms with Crippen molar-refractivity contribution >= 4 is 5.78 Å². The number of hydrogen-bond donors (Lipinski definition) is 0. The maximum Gasteiger partial charge on any atom is 0.139 e. The van der Waals surface area contributed by atoms with Gasteiger partial charge < -0.3 is 0 Å². The number of Topliss-reactive ketones (excluding diaryl/α,β-unsaturated/α-hetero) is 1. The monoisotopic (exact) mass is 166 g/mol. The Morgan fingerprint density at radius 3 is 3.00 bits per heavy atom. The van der Waals surface area contributed by atoms with Crippen LogP contribution in [0.5, 0.6) is 0 Å². The second-order valence-electron chi connectivity index (χ2n) is 3.54. The molecule has 1 rings (SSSR count). The van der Waals surface area contributed by atoms with Crippen LogP contribution in [0.1, 0.15) is 45.4 Å². The summed E-state index contributed by atoms with van der Waals surface area (Å²) in [4.78, 5) is 11.3. The third kappa shape index (κ3) is 2.80. The summed E-state index contributed by atoms with van der Waals surface area (Å²) in [6.45, 7) is 2.16. The molecule has 12 heavy (non-hydrogen) atoms. The molecule has 0 aromatic carbocycles. The van der Waals surface area contributed by atoms with Gasteiger partial charge in [0.15, 0.2) is 0 Å². The van der Waals surface area contributed by atoms with Gasteiger partial charge in [0.05, 0.1) is 0 Å². The first-order valence-corrected chi connectivity index (χ1v) is 5.04. The van der Waals surface area contributed by atoms with Crippen LogP contribution in [0.15, 0.2) is 12.2 Å². The topological polar surface area (TPSA) is 17.1 Å². The van der Waals surface area contributed by atoms with E-state index in [-0.39, 0.29) is 5.92 Å². The Morgan fingerprint density at radius 1 is 1.50 bits per heavy atom. The van der Waals surface area contributed by atoms with E-state index < -0.39 is 0 Å². The molecule has 1 heteroatoms. The van der Waals surface area contributed by atoms with E-state index in [0.717, 1.165) is 25.7 Å². The van der Waals surface area contributed by atoms with Crippen LogP contribution in [0.4, 0.5) is 0 Å².